The molecule has 1 N–H and O–H groups in total. The van der Waals surface area contributed by atoms with Crippen molar-refractivity contribution in [3.63, 3.8) is 0 Å². The van der Waals surface area contributed by atoms with E-state index >= 15 is 0 Å². The average molecular weight is 392 g/mol. The number of fused-ring (bicyclic) bond motifs is 2. The standard InChI is InChI=1S/C19H16ClF2N3O2/c20-17-16(25-9-2-1-6-15(25)24-17)18(26)23-14-5-3-4-11-10-12(27-19(21)22)7-8-13(11)14/h1-2,6-10,14,19H,3-5H2,(H,23,26)/t14-/m0/s1. The van der Waals surface area contributed by atoms with Crippen LogP contribution in [0.2, 0.25) is 5.15 Å². The Morgan fingerprint density at radius 1 is 1.33 bits per heavy atom. The number of nitrogens with one attached hydrogen (secondary N) is 1. The van der Waals surface area contributed by atoms with Gasteiger partial charge in [0.05, 0.1) is 6.04 Å². The molecule has 4 rings (SSSR count). The fourth-order valence-electron chi connectivity index (χ4n) is 3.51. The summed E-state index contributed by atoms with van der Waals surface area (Å²) in [5, 5.41) is 3.13. The van der Waals surface area contributed by atoms with Crippen LogP contribution in [0.4, 0.5) is 8.78 Å². The van der Waals surface area contributed by atoms with Gasteiger partial charge in [0.2, 0.25) is 0 Å². The lowest BCUT2D eigenvalue weighted by atomic mass is 9.87. The van der Waals surface area contributed by atoms with Gasteiger partial charge in [0.1, 0.15) is 11.4 Å². The second-order valence-corrected chi connectivity index (χ2v) is 6.70. The first-order chi connectivity index (χ1) is 13.0. The van der Waals surface area contributed by atoms with Crippen LogP contribution in [-0.2, 0) is 6.42 Å². The number of halogens is 3. The molecule has 8 heteroatoms. The van der Waals surface area contributed by atoms with E-state index in [1.54, 1.807) is 34.9 Å². The summed E-state index contributed by atoms with van der Waals surface area (Å²) < 4.78 is 31.0. The van der Waals surface area contributed by atoms with Crippen molar-refractivity contribution in [3.8, 4) is 5.75 Å². The van der Waals surface area contributed by atoms with E-state index in [1.807, 2.05) is 6.07 Å². The zero-order chi connectivity index (χ0) is 19.0. The summed E-state index contributed by atoms with van der Waals surface area (Å²) in [4.78, 5) is 17.0. The van der Waals surface area contributed by atoms with Crippen LogP contribution in [0.3, 0.4) is 0 Å². The number of carbonyl (C=O) groups is 1. The normalized spacial score (nSPS) is 16.4. The number of rotatable bonds is 4. The molecule has 27 heavy (non-hydrogen) atoms. The summed E-state index contributed by atoms with van der Waals surface area (Å²) >= 11 is 6.17. The summed E-state index contributed by atoms with van der Waals surface area (Å²) in [6.07, 6.45) is 4.06. The van der Waals surface area contributed by atoms with E-state index in [4.69, 9.17) is 11.6 Å². The van der Waals surface area contributed by atoms with Gasteiger partial charge in [0.25, 0.3) is 5.91 Å². The zero-order valence-electron chi connectivity index (χ0n) is 14.2. The van der Waals surface area contributed by atoms with Gasteiger partial charge in [-0.3, -0.25) is 9.20 Å². The van der Waals surface area contributed by atoms with Gasteiger partial charge in [-0.2, -0.15) is 8.78 Å². The maximum Gasteiger partial charge on any atom is 0.387 e. The van der Waals surface area contributed by atoms with E-state index in [2.05, 4.69) is 15.0 Å². The van der Waals surface area contributed by atoms with Crippen molar-refractivity contribution >= 4 is 23.2 Å². The lowest BCUT2D eigenvalue weighted by Gasteiger charge is -2.27. The van der Waals surface area contributed by atoms with E-state index in [9.17, 15) is 13.6 Å². The molecule has 140 valence electrons. The summed E-state index contributed by atoms with van der Waals surface area (Å²) in [6.45, 7) is -2.86. The van der Waals surface area contributed by atoms with Crippen molar-refractivity contribution in [2.75, 3.05) is 0 Å². The number of pyridine rings is 1. The maximum atomic E-state index is 12.9. The molecule has 2 heterocycles. The zero-order valence-corrected chi connectivity index (χ0v) is 14.9. The number of aryl methyl sites for hydroxylation is 1. The molecule has 0 fully saturated rings. The number of carbonyl (C=O) groups excluding carboxylic acids is 1. The van der Waals surface area contributed by atoms with E-state index in [0.29, 0.717) is 5.65 Å². The summed E-state index contributed by atoms with van der Waals surface area (Å²) in [5.74, 6) is -0.204. The average Bonchev–Trinajstić information content (AvgIpc) is 2.97. The van der Waals surface area contributed by atoms with Crippen molar-refractivity contribution in [2.45, 2.75) is 31.9 Å². The number of nitrogens with zero attached hydrogens (tertiary/aromatic N) is 2. The predicted octanol–water partition coefficient (Wildman–Crippen LogP) is 4.40. The largest absolute Gasteiger partial charge is 0.435 e. The molecule has 0 spiro atoms. The molecule has 0 saturated carbocycles. The fraction of sp³-hybridized carbons (Fsp3) is 0.263. The molecule has 1 amide bonds. The number of amides is 1. The van der Waals surface area contributed by atoms with Crippen LogP contribution in [0.25, 0.3) is 5.65 Å². The van der Waals surface area contributed by atoms with Crippen molar-refractivity contribution in [2.24, 2.45) is 0 Å². The second-order valence-electron chi connectivity index (χ2n) is 6.34. The van der Waals surface area contributed by atoms with Crippen LogP contribution in [0.1, 0.15) is 40.5 Å². The smallest absolute Gasteiger partial charge is 0.387 e. The highest BCUT2D eigenvalue weighted by Gasteiger charge is 2.26. The molecule has 0 bridgehead atoms. The SMILES string of the molecule is O=C(N[C@H]1CCCc2cc(OC(F)F)ccc21)c1c(Cl)nc2ccccn12. The molecular formula is C19H16ClF2N3O2. The topological polar surface area (TPSA) is 55.6 Å². The van der Waals surface area contributed by atoms with Crippen LogP contribution in [0.15, 0.2) is 42.6 Å². The number of hydrogen-bond acceptors (Lipinski definition) is 3. The van der Waals surface area contributed by atoms with Gasteiger partial charge in [-0.05, 0) is 54.7 Å². The minimum Gasteiger partial charge on any atom is -0.435 e. The van der Waals surface area contributed by atoms with E-state index in [-0.39, 0.29) is 28.5 Å². The third-order valence-electron chi connectivity index (χ3n) is 4.66. The molecule has 1 atom stereocenters. The number of benzene rings is 1. The third kappa shape index (κ3) is 3.47. The molecule has 3 aromatic rings. The van der Waals surface area contributed by atoms with E-state index < -0.39 is 6.61 Å². The predicted molar refractivity (Wildman–Crippen MR) is 96.4 cm³/mol. The molecule has 1 aromatic carbocycles. The molecular weight excluding hydrogens is 376 g/mol. The van der Waals surface area contributed by atoms with Gasteiger partial charge in [0.15, 0.2) is 10.8 Å². The van der Waals surface area contributed by atoms with Gasteiger partial charge in [-0.25, -0.2) is 4.98 Å². The van der Waals surface area contributed by atoms with Gasteiger partial charge < -0.3 is 10.1 Å². The van der Waals surface area contributed by atoms with Crippen LogP contribution in [0, 0.1) is 0 Å². The third-order valence-corrected chi connectivity index (χ3v) is 4.93. The summed E-state index contributed by atoms with van der Waals surface area (Å²) in [7, 11) is 0. The van der Waals surface area contributed by atoms with Crippen molar-refractivity contribution in [1.82, 2.24) is 14.7 Å². The van der Waals surface area contributed by atoms with Crippen LogP contribution >= 0.6 is 11.6 Å². The van der Waals surface area contributed by atoms with E-state index in [0.717, 1.165) is 30.4 Å². The van der Waals surface area contributed by atoms with Gasteiger partial charge in [-0.1, -0.05) is 23.7 Å². The molecule has 0 unspecified atom stereocenters. The quantitative estimate of drug-likeness (QED) is 0.717. The lowest BCUT2D eigenvalue weighted by Crippen LogP contribution is -2.32. The Kier molecular flexibility index (Phi) is 4.70. The van der Waals surface area contributed by atoms with Crippen molar-refractivity contribution in [1.29, 1.82) is 0 Å². The van der Waals surface area contributed by atoms with Gasteiger partial charge >= 0.3 is 6.61 Å². The first kappa shape index (κ1) is 17.7. The molecule has 1 aliphatic rings. The minimum absolute atomic E-state index is 0.126. The molecule has 0 aliphatic heterocycles. The Morgan fingerprint density at radius 3 is 3.00 bits per heavy atom. The highest BCUT2D eigenvalue weighted by atomic mass is 35.5. The fourth-order valence-corrected chi connectivity index (χ4v) is 3.78. The van der Waals surface area contributed by atoms with Crippen molar-refractivity contribution < 1.29 is 18.3 Å². The van der Waals surface area contributed by atoms with Crippen LogP contribution < -0.4 is 10.1 Å². The molecule has 1 aliphatic carbocycles. The monoisotopic (exact) mass is 391 g/mol. The second kappa shape index (κ2) is 7.15. The Bertz CT molecular complexity index is 1010. The number of aromatic nitrogens is 2. The molecule has 0 radical (unpaired) electrons. The lowest BCUT2D eigenvalue weighted by molar-refractivity contribution is -0.0499. The van der Waals surface area contributed by atoms with Crippen molar-refractivity contribution in [3.05, 3.63) is 64.6 Å². The number of alkyl halides is 2. The highest BCUT2D eigenvalue weighted by Crippen LogP contribution is 2.33. The summed E-state index contributed by atoms with van der Waals surface area (Å²) in [5.41, 5.74) is 2.66. The number of hydrogen-bond donors (Lipinski definition) is 1. The molecule has 0 saturated heterocycles. The minimum atomic E-state index is -2.86. The number of imidazole rings is 1. The Balaban J connectivity index is 1.60. The first-order valence-electron chi connectivity index (χ1n) is 8.54. The highest BCUT2D eigenvalue weighted by molar-refractivity contribution is 6.32. The molecule has 5 nitrogen and oxygen atoms in total. The summed E-state index contributed by atoms with van der Waals surface area (Å²) in [6, 6.07) is 9.99. The van der Waals surface area contributed by atoms with Crippen LogP contribution in [0.5, 0.6) is 5.75 Å². The van der Waals surface area contributed by atoms with Gasteiger partial charge in [-0.15, -0.1) is 0 Å². The Labute approximate surface area is 158 Å². The van der Waals surface area contributed by atoms with Crippen LogP contribution in [-0.4, -0.2) is 21.9 Å². The number of ether oxygens (including phenoxy) is 1. The molecule has 2 aromatic heterocycles. The first-order valence-corrected chi connectivity index (χ1v) is 8.92. The Morgan fingerprint density at radius 2 is 2.19 bits per heavy atom. The maximum absolute atomic E-state index is 12.9. The van der Waals surface area contributed by atoms with Gasteiger partial charge in [0, 0.05) is 6.20 Å². The van der Waals surface area contributed by atoms with E-state index in [1.165, 1.54) is 6.07 Å². The Hall–Kier alpha value is -2.67.